The fourth-order valence-corrected chi connectivity index (χ4v) is 3.06. The van der Waals surface area contributed by atoms with E-state index in [9.17, 15) is 19.2 Å². The zero-order chi connectivity index (χ0) is 21.9. The van der Waals surface area contributed by atoms with Gasteiger partial charge in [-0.2, -0.15) is 0 Å². The maximum atomic E-state index is 12.9. The van der Waals surface area contributed by atoms with Gasteiger partial charge >= 0.3 is 6.03 Å². The number of nitrogens with zero attached hydrogens (tertiary/aromatic N) is 1. The fourth-order valence-electron chi connectivity index (χ4n) is 3.06. The lowest BCUT2D eigenvalue weighted by Gasteiger charge is -2.22. The molecule has 0 spiro atoms. The van der Waals surface area contributed by atoms with E-state index >= 15 is 0 Å². The normalized spacial score (nSPS) is 18.1. The highest BCUT2D eigenvalue weighted by Gasteiger charge is 2.49. The Labute approximate surface area is 173 Å². The quantitative estimate of drug-likeness (QED) is 0.592. The topological polar surface area (TPSA) is 131 Å². The van der Waals surface area contributed by atoms with Gasteiger partial charge in [0.25, 0.3) is 11.8 Å². The van der Waals surface area contributed by atoms with Gasteiger partial charge in [0, 0.05) is 5.69 Å². The second kappa shape index (κ2) is 8.24. The molecule has 9 nitrogen and oxygen atoms in total. The van der Waals surface area contributed by atoms with Gasteiger partial charge in [0.05, 0.1) is 0 Å². The number of carbonyl (C=O) groups excluding carboxylic acids is 4. The number of rotatable bonds is 7. The van der Waals surface area contributed by atoms with Crippen LogP contribution in [0.15, 0.2) is 48.5 Å². The number of benzene rings is 2. The molecule has 2 aromatic carbocycles. The molecule has 0 radical (unpaired) electrons. The summed E-state index contributed by atoms with van der Waals surface area (Å²) in [5.74, 6) is -1.22. The number of nitrogens with one attached hydrogen (secondary N) is 2. The summed E-state index contributed by atoms with van der Waals surface area (Å²) < 4.78 is 5.14. The van der Waals surface area contributed by atoms with Crippen LogP contribution in [-0.2, 0) is 19.9 Å². The van der Waals surface area contributed by atoms with Gasteiger partial charge in [-0.3, -0.25) is 19.3 Å². The van der Waals surface area contributed by atoms with Gasteiger partial charge < -0.3 is 21.1 Å². The molecule has 0 saturated carbocycles. The average molecular weight is 410 g/mol. The van der Waals surface area contributed by atoms with Crippen molar-refractivity contribution < 1.29 is 23.9 Å². The highest BCUT2D eigenvalue weighted by atomic mass is 16.5. The summed E-state index contributed by atoms with van der Waals surface area (Å²) in [6.45, 7) is 2.86. The van der Waals surface area contributed by atoms with Crippen LogP contribution in [0.1, 0.15) is 18.1 Å². The van der Waals surface area contributed by atoms with E-state index in [-0.39, 0.29) is 6.61 Å². The molecule has 156 valence electrons. The third-order valence-corrected chi connectivity index (χ3v) is 4.72. The van der Waals surface area contributed by atoms with Gasteiger partial charge in [-0.15, -0.1) is 0 Å². The molecule has 2 aromatic rings. The van der Waals surface area contributed by atoms with Gasteiger partial charge in [0.2, 0.25) is 5.91 Å². The van der Waals surface area contributed by atoms with Gasteiger partial charge in [0.15, 0.2) is 6.61 Å². The minimum atomic E-state index is -1.23. The summed E-state index contributed by atoms with van der Waals surface area (Å²) in [5, 5.41) is 5.29. The lowest BCUT2D eigenvalue weighted by Crippen LogP contribution is -2.42. The lowest BCUT2D eigenvalue weighted by atomic mass is 9.91. The second-order valence-corrected chi connectivity index (χ2v) is 7.14. The van der Waals surface area contributed by atoms with Gasteiger partial charge in [-0.05, 0) is 43.7 Å². The molecule has 0 bridgehead atoms. The molecular formula is C21H22N4O5. The van der Waals surface area contributed by atoms with Crippen LogP contribution in [0.4, 0.5) is 10.5 Å². The van der Waals surface area contributed by atoms with Crippen LogP contribution in [0.25, 0.3) is 0 Å². The number of anilines is 1. The first-order valence-electron chi connectivity index (χ1n) is 9.21. The highest BCUT2D eigenvalue weighted by molar-refractivity contribution is 6.10. The molecule has 1 heterocycles. The minimum Gasteiger partial charge on any atom is -0.484 e. The molecule has 1 atom stereocenters. The van der Waals surface area contributed by atoms with Crippen LogP contribution >= 0.6 is 0 Å². The van der Waals surface area contributed by atoms with Crippen LogP contribution < -0.4 is 21.1 Å². The van der Waals surface area contributed by atoms with Crippen molar-refractivity contribution in [2.45, 2.75) is 19.4 Å². The number of hydrogen-bond donors (Lipinski definition) is 3. The molecule has 3 rings (SSSR count). The first-order chi connectivity index (χ1) is 14.2. The Morgan fingerprint density at radius 1 is 1.10 bits per heavy atom. The predicted octanol–water partition coefficient (Wildman–Crippen LogP) is 1.26. The van der Waals surface area contributed by atoms with Crippen LogP contribution in [0, 0.1) is 6.92 Å². The summed E-state index contributed by atoms with van der Waals surface area (Å²) >= 11 is 0. The monoisotopic (exact) mass is 410 g/mol. The van der Waals surface area contributed by atoms with Crippen molar-refractivity contribution in [2.24, 2.45) is 5.73 Å². The number of nitrogens with two attached hydrogens (primary N) is 1. The molecule has 30 heavy (non-hydrogen) atoms. The minimum absolute atomic E-state index is 0.252. The van der Waals surface area contributed by atoms with Crippen molar-refractivity contribution in [1.82, 2.24) is 10.2 Å². The largest absolute Gasteiger partial charge is 0.484 e. The average Bonchev–Trinajstić information content (AvgIpc) is 2.92. The summed E-state index contributed by atoms with van der Waals surface area (Å²) in [6.07, 6.45) is 0. The van der Waals surface area contributed by atoms with E-state index in [2.05, 4.69) is 10.6 Å². The Kier molecular flexibility index (Phi) is 5.72. The zero-order valence-corrected chi connectivity index (χ0v) is 16.6. The van der Waals surface area contributed by atoms with E-state index < -0.39 is 35.8 Å². The predicted molar refractivity (Wildman–Crippen MR) is 109 cm³/mol. The Bertz CT molecular complexity index is 987. The third kappa shape index (κ3) is 4.40. The first-order valence-corrected chi connectivity index (χ1v) is 9.21. The Balaban J connectivity index is 1.63. The van der Waals surface area contributed by atoms with Gasteiger partial charge in [-0.25, -0.2) is 4.79 Å². The molecule has 1 fully saturated rings. The van der Waals surface area contributed by atoms with E-state index in [1.54, 1.807) is 43.3 Å². The van der Waals surface area contributed by atoms with E-state index in [1.165, 1.54) is 0 Å². The number of ether oxygens (including phenoxy) is 1. The van der Waals surface area contributed by atoms with Crippen LogP contribution in [0.3, 0.4) is 0 Å². The molecule has 0 aliphatic carbocycles. The highest BCUT2D eigenvalue weighted by Crippen LogP contribution is 2.29. The number of amides is 5. The molecule has 1 unspecified atom stereocenters. The number of aryl methyl sites for hydroxylation is 1. The smallest absolute Gasteiger partial charge is 0.325 e. The Hall–Kier alpha value is -3.88. The van der Waals surface area contributed by atoms with E-state index in [0.717, 1.165) is 10.5 Å². The van der Waals surface area contributed by atoms with Crippen LogP contribution in [0.2, 0.25) is 0 Å². The first kappa shape index (κ1) is 20.8. The number of hydrogen-bond acceptors (Lipinski definition) is 5. The molecule has 1 aliphatic heterocycles. The molecule has 4 N–H and O–H groups in total. The maximum absolute atomic E-state index is 12.9. The molecule has 1 saturated heterocycles. The maximum Gasteiger partial charge on any atom is 0.325 e. The molecule has 5 amide bonds. The van der Waals surface area contributed by atoms with E-state index in [1.807, 2.05) is 19.1 Å². The van der Waals surface area contributed by atoms with Crippen molar-refractivity contribution >= 4 is 29.4 Å². The molecule has 1 aliphatic rings. The van der Waals surface area contributed by atoms with E-state index in [4.69, 9.17) is 10.5 Å². The van der Waals surface area contributed by atoms with Crippen molar-refractivity contribution in [3.05, 3.63) is 59.7 Å². The zero-order valence-electron chi connectivity index (χ0n) is 16.6. The molecular weight excluding hydrogens is 388 g/mol. The number of carbonyl (C=O) groups is 4. The SMILES string of the molecule is Cc1ccc(C2(C)NC(=O)N(CC(=O)Nc3ccc(OCC(N)=O)cc3)C2=O)cc1. The summed E-state index contributed by atoms with van der Waals surface area (Å²) in [5.41, 5.74) is 5.89. The molecule has 9 heteroatoms. The lowest BCUT2D eigenvalue weighted by molar-refractivity contribution is -0.133. The Morgan fingerprint density at radius 3 is 2.33 bits per heavy atom. The third-order valence-electron chi connectivity index (χ3n) is 4.72. The second-order valence-electron chi connectivity index (χ2n) is 7.14. The van der Waals surface area contributed by atoms with Crippen molar-refractivity contribution in [2.75, 3.05) is 18.5 Å². The molecule has 0 aromatic heterocycles. The van der Waals surface area contributed by atoms with Crippen molar-refractivity contribution in [1.29, 1.82) is 0 Å². The van der Waals surface area contributed by atoms with Crippen LogP contribution in [0.5, 0.6) is 5.75 Å². The number of primary amides is 1. The number of imide groups is 1. The van der Waals surface area contributed by atoms with Crippen molar-refractivity contribution in [3.63, 3.8) is 0 Å². The van der Waals surface area contributed by atoms with Gasteiger partial charge in [-0.1, -0.05) is 29.8 Å². The summed E-state index contributed by atoms with van der Waals surface area (Å²) in [7, 11) is 0. The summed E-state index contributed by atoms with van der Waals surface area (Å²) in [6, 6.07) is 12.9. The Morgan fingerprint density at radius 2 is 1.73 bits per heavy atom. The van der Waals surface area contributed by atoms with Crippen LogP contribution in [-0.4, -0.2) is 41.8 Å². The van der Waals surface area contributed by atoms with Gasteiger partial charge in [0.1, 0.15) is 17.8 Å². The van der Waals surface area contributed by atoms with Crippen molar-refractivity contribution in [3.8, 4) is 5.75 Å². The fraction of sp³-hybridized carbons (Fsp3) is 0.238. The summed E-state index contributed by atoms with van der Waals surface area (Å²) in [4.78, 5) is 49.2. The number of urea groups is 1. The van der Waals surface area contributed by atoms with E-state index in [0.29, 0.717) is 17.0 Å². The standard InChI is InChI=1S/C21H22N4O5/c1-13-3-5-14(6-4-13)21(2)19(28)25(20(29)24-21)11-18(27)23-15-7-9-16(10-8-15)30-12-17(22)26/h3-10H,11-12H2,1-2H3,(H2,22,26)(H,23,27)(H,24,29).